The van der Waals surface area contributed by atoms with Gasteiger partial charge in [0.15, 0.2) is 6.29 Å². The molecule has 0 aliphatic heterocycles. The van der Waals surface area contributed by atoms with Crippen LogP contribution in [-0.4, -0.2) is 53.8 Å². The van der Waals surface area contributed by atoms with Crippen molar-refractivity contribution in [2.45, 2.75) is 52.7 Å². The summed E-state index contributed by atoms with van der Waals surface area (Å²) in [5.74, 6) is -0.787. The van der Waals surface area contributed by atoms with E-state index in [0.717, 1.165) is 15.7 Å². The van der Waals surface area contributed by atoms with Gasteiger partial charge in [0.25, 0.3) is 0 Å². The highest BCUT2D eigenvalue weighted by molar-refractivity contribution is 6.30. The summed E-state index contributed by atoms with van der Waals surface area (Å²) in [6.45, 7) is 5.59. The smallest absolute Gasteiger partial charge is 0.335 e. The van der Waals surface area contributed by atoms with Crippen molar-refractivity contribution in [2.75, 3.05) is 21.3 Å². The van der Waals surface area contributed by atoms with E-state index in [2.05, 4.69) is 9.98 Å². The molecule has 216 valence electrons. The lowest BCUT2D eigenvalue weighted by molar-refractivity contribution is -0.154. The summed E-state index contributed by atoms with van der Waals surface area (Å²) in [6.07, 6.45) is -0.664. The fraction of sp³-hybridized carbons (Fsp3) is 0.429. The minimum absolute atomic E-state index is 0.00356. The Morgan fingerprint density at radius 1 is 1.02 bits per heavy atom. The second-order valence-corrected chi connectivity index (χ2v) is 9.88. The van der Waals surface area contributed by atoms with Gasteiger partial charge in [-0.2, -0.15) is 0 Å². The molecular weight excluding hydrogens is 540 g/mol. The van der Waals surface area contributed by atoms with Crippen LogP contribution in [-0.2, 0) is 32.1 Å². The van der Waals surface area contributed by atoms with Crippen LogP contribution < -0.4 is 21.7 Å². The zero-order valence-electron chi connectivity index (χ0n) is 23.5. The Bertz CT molecular complexity index is 1490. The van der Waals surface area contributed by atoms with Crippen molar-refractivity contribution in [2.24, 2.45) is 10.9 Å². The van der Waals surface area contributed by atoms with E-state index in [0.29, 0.717) is 16.5 Å². The molecule has 0 saturated heterocycles. The Labute approximate surface area is 237 Å². The highest BCUT2D eigenvalue weighted by Crippen LogP contribution is 2.24. The van der Waals surface area contributed by atoms with Crippen LogP contribution in [0.5, 0.6) is 5.75 Å². The number of benzene rings is 2. The Kier molecular flexibility index (Phi) is 10.9. The maximum absolute atomic E-state index is 13.8. The van der Waals surface area contributed by atoms with E-state index < -0.39 is 29.6 Å². The number of aromatic nitrogens is 3. The lowest BCUT2D eigenvalue weighted by atomic mass is 10.1. The van der Waals surface area contributed by atoms with Crippen molar-refractivity contribution in [1.82, 2.24) is 14.1 Å². The predicted molar refractivity (Wildman–Crippen MR) is 150 cm³/mol. The third kappa shape index (κ3) is 7.93. The van der Waals surface area contributed by atoms with Gasteiger partial charge in [-0.25, -0.2) is 19.1 Å². The van der Waals surface area contributed by atoms with E-state index >= 15 is 0 Å². The molecule has 40 heavy (non-hydrogen) atoms. The lowest BCUT2D eigenvalue weighted by Crippen LogP contribution is -2.51. The maximum atomic E-state index is 13.8. The van der Waals surface area contributed by atoms with E-state index in [1.54, 1.807) is 42.5 Å². The second-order valence-electron chi connectivity index (χ2n) is 9.44. The molecule has 3 aromatic rings. The normalized spacial score (nSPS) is 12.7. The molecule has 3 rings (SSSR count). The molecule has 1 N–H and O–H groups in total. The largest absolute Gasteiger partial charge is 0.491 e. The highest BCUT2D eigenvalue weighted by atomic mass is 35.5. The zero-order valence-corrected chi connectivity index (χ0v) is 24.2. The van der Waals surface area contributed by atoms with Crippen LogP contribution in [0.25, 0.3) is 0 Å². The van der Waals surface area contributed by atoms with E-state index in [4.69, 9.17) is 30.5 Å². The number of H-pyrrole nitrogens is 1. The van der Waals surface area contributed by atoms with Crippen LogP contribution in [0.15, 0.2) is 57.0 Å². The summed E-state index contributed by atoms with van der Waals surface area (Å²) in [5, 5.41) is 0.545. The fourth-order valence-electron chi connectivity index (χ4n) is 4.08. The topological polar surface area (TPSA) is 126 Å². The van der Waals surface area contributed by atoms with Crippen molar-refractivity contribution < 1.29 is 23.7 Å². The van der Waals surface area contributed by atoms with Crippen LogP contribution in [0.3, 0.4) is 0 Å². The number of aromatic amines is 1. The number of nitrogens with one attached hydrogen (secondary N) is 1. The summed E-state index contributed by atoms with van der Waals surface area (Å²) >= 11 is 6.04. The van der Waals surface area contributed by atoms with Gasteiger partial charge >= 0.3 is 17.3 Å². The van der Waals surface area contributed by atoms with Crippen molar-refractivity contribution in [3.63, 3.8) is 0 Å². The lowest BCUT2D eigenvalue weighted by Gasteiger charge is -2.20. The van der Waals surface area contributed by atoms with E-state index in [1.165, 1.54) is 25.9 Å². The molecule has 0 radical (unpaired) electrons. The molecule has 2 aromatic carbocycles. The van der Waals surface area contributed by atoms with Gasteiger partial charge in [0.2, 0.25) is 5.62 Å². The third-order valence-corrected chi connectivity index (χ3v) is 6.38. The Morgan fingerprint density at radius 2 is 1.70 bits per heavy atom. The summed E-state index contributed by atoms with van der Waals surface area (Å²) in [4.78, 5) is 46.8. The first-order chi connectivity index (χ1) is 19.1. The van der Waals surface area contributed by atoms with Crippen molar-refractivity contribution >= 4 is 23.3 Å². The van der Waals surface area contributed by atoms with Gasteiger partial charge in [-0.05, 0) is 62.2 Å². The Hall–Kier alpha value is -3.67. The SMILES string of the molecule is COC(=O)[C@@H](CC(OC)OC)Cn1c(=O)[nH]c(=Nc2ccc(OC(C)C)c(C)c2)n(Cc2ccc(Cl)cc2)c1=O. The molecule has 1 heterocycles. The second kappa shape index (κ2) is 14.1. The number of aryl methyl sites for hydroxylation is 1. The molecule has 1 aromatic heterocycles. The molecule has 0 spiro atoms. The number of esters is 1. The van der Waals surface area contributed by atoms with E-state index in [9.17, 15) is 14.4 Å². The first-order valence-corrected chi connectivity index (χ1v) is 13.1. The molecule has 0 aliphatic rings. The third-order valence-electron chi connectivity index (χ3n) is 6.13. The van der Waals surface area contributed by atoms with Crippen molar-refractivity contribution in [1.29, 1.82) is 0 Å². The summed E-state index contributed by atoms with van der Waals surface area (Å²) in [5.41, 5.74) is 0.770. The molecular formula is C28H35ClN4O7. The van der Waals surface area contributed by atoms with Gasteiger partial charge in [-0.15, -0.1) is 0 Å². The van der Waals surface area contributed by atoms with Crippen LogP contribution in [0.4, 0.5) is 5.69 Å². The first kappa shape index (κ1) is 30.9. The number of rotatable bonds is 12. The summed E-state index contributed by atoms with van der Waals surface area (Å²) < 4.78 is 23.4. The quantitative estimate of drug-likeness (QED) is 0.260. The molecule has 0 saturated carbocycles. The molecule has 0 bridgehead atoms. The molecule has 0 aliphatic carbocycles. The van der Waals surface area contributed by atoms with Crippen molar-refractivity contribution in [3.8, 4) is 5.75 Å². The van der Waals surface area contributed by atoms with Crippen LogP contribution >= 0.6 is 11.6 Å². The first-order valence-electron chi connectivity index (χ1n) is 12.7. The summed E-state index contributed by atoms with van der Waals surface area (Å²) in [6, 6.07) is 12.3. The number of hydrogen-bond acceptors (Lipinski definition) is 8. The molecule has 1 atom stereocenters. The highest BCUT2D eigenvalue weighted by Gasteiger charge is 2.26. The standard InChI is InChI=1S/C28H35ClN4O7/c1-17(2)40-23-12-11-22(13-18(23)3)30-26-31-27(35)33(16-20(25(34)39-6)14-24(37-4)38-5)28(36)32(26)15-19-7-9-21(29)10-8-19/h7-13,17,20,24H,14-16H2,1-6H3,(H,30,31,35)/t20-/m0/s1. The molecule has 0 fully saturated rings. The minimum Gasteiger partial charge on any atom is -0.491 e. The van der Waals surface area contributed by atoms with Crippen LogP contribution in [0.2, 0.25) is 5.02 Å². The van der Waals surface area contributed by atoms with Gasteiger partial charge in [0.1, 0.15) is 5.75 Å². The molecule has 0 amide bonds. The molecule has 0 unspecified atom stereocenters. The Balaban J connectivity index is 2.15. The number of halogens is 1. The maximum Gasteiger partial charge on any atom is 0.335 e. The predicted octanol–water partition coefficient (Wildman–Crippen LogP) is 3.17. The van der Waals surface area contributed by atoms with Gasteiger partial charge < -0.3 is 18.9 Å². The number of nitrogens with zero attached hydrogens (tertiary/aromatic N) is 3. The number of ether oxygens (including phenoxy) is 4. The number of hydrogen-bond donors (Lipinski definition) is 1. The number of carbonyl (C=O) groups is 1. The average Bonchev–Trinajstić information content (AvgIpc) is 2.92. The van der Waals surface area contributed by atoms with Gasteiger partial charge in [-0.1, -0.05) is 23.7 Å². The fourth-order valence-corrected chi connectivity index (χ4v) is 4.21. The monoisotopic (exact) mass is 574 g/mol. The molecule has 11 nitrogen and oxygen atoms in total. The zero-order chi connectivity index (χ0) is 29.4. The number of methoxy groups -OCH3 is 3. The average molecular weight is 575 g/mol. The van der Waals surface area contributed by atoms with E-state index in [1.807, 2.05) is 20.8 Å². The summed E-state index contributed by atoms with van der Waals surface area (Å²) in [7, 11) is 4.10. The van der Waals surface area contributed by atoms with Gasteiger partial charge in [-0.3, -0.25) is 14.3 Å². The van der Waals surface area contributed by atoms with Crippen molar-refractivity contribution in [3.05, 3.63) is 85.2 Å². The van der Waals surface area contributed by atoms with Gasteiger partial charge in [0, 0.05) is 32.2 Å². The van der Waals surface area contributed by atoms with Gasteiger partial charge in [0.05, 0.1) is 31.4 Å². The Morgan fingerprint density at radius 3 is 2.27 bits per heavy atom. The minimum atomic E-state index is -0.892. The van der Waals surface area contributed by atoms with Crippen LogP contribution in [0.1, 0.15) is 31.4 Å². The molecule has 12 heteroatoms. The van der Waals surface area contributed by atoms with Crippen LogP contribution in [0, 0.1) is 12.8 Å². The number of carbonyl (C=O) groups excluding carboxylic acids is 1. The van der Waals surface area contributed by atoms with E-state index in [-0.39, 0.29) is 31.2 Å².